The summed E-state index contributed by atoms with van der Waals surface area (Å²) in [5.41, 5.74) is 1.90. The van der Waals surface area contributed by atoms with Crippen LogP contribution in [-0.4, -0.2) is 32.9 Å². The van der Waals surface area contributed by atoms with Crippen LogP contribution in [0.3, 0.4) is 0 Å². The van der Waals surface area contributed by atoms with Crippen molar-refractivity contribution in [3.05, 3.63) is 46.7 Å². The molecule has 2 N–H and O–H groups in total. The molecule has 2 heterocycles. The minimum absolute atomic E-state index is 0.0562. The number of thioether (sulfide) groups is 1. The fraction of sp³-hybridized carbons (Fsp3) is 0.200. The molecule has 0 radical (unpaired) electrons. The van der Waals surface area contributed by atoms with Crippen molar-refractivity contribution in [1.29, 1.82) is 0 Å². The van der Waals surface area contributed by atoms with Crippen molar-refractivity contribution in [2.45, 2.75) is 17.1 Å². The third-order valence-corrected chi connectivity index (χ3v) is 5.29. The normalized spacial score (nSPS) is 11.6. The fourth-order valence-electron chi connectivity index (χ4n) is 2.08. The molecule has 0 aliphatic heterocycles. The van der Waals surface area contributed by atoms with E-state index in [0.29, 0.717) is 20.9 Å². The molecule has 27 heavy (non-hydrogen) atoms. The van der Waals surface area contributed by atoms with Gasteiger partial charge in [-0.05, 0) is 12.1 Å². The number of carbonyl (C=O) groups excluding carboxylic acids is 1. The summed E-state index contributed by atoms with van der Waals surface area (Å²) >= 11 is 2.38. The quantitative estimate of drug-likeness (QED) is 0.388. The lowest BCUT2D eigenvalue weighted by Gasteiger charge is -2.05. The van der Waals surface area contributed by atoms with Gasteiger partial charge in [-0.1, -0.05) is 23.9 Å². The number of aromatic nitrogens is 4. The first-order valence-corrected chi connectivity index (χ1v) is 9.19. The van der Waals surface area contributed by atoms with Crippen LogP contribution in [0.25, 0.3) is 10.6 Å². The summed E-state index contributed by atoms with van der Waals surface area (Å²) in [6, 6.07) is 6.75. The summed E-state index contributed by atoms with van der Waals surface area (Å²) in [5, 5.41) is 8.98. The Balaban J connectivity index is 1.68. The van der Waals surface area contributed by atoms with Crippen LogP contribution < -0.4 is 5.84 Å². The van der Waals surface area contributed by atoms with Gasteiger partial charge in [0.25, 0.3) is 5.82 Å². The Hall–Kier alpha value is -2.60. The van der Waals surface area contributed by atoms with E-state index in [1.54, 1.807) is 29.6 Å². The minimum atomic E-state index is -4.66. The predicted molar refractivity (Wildman–Crippen MR) is 93.6 cm³/mol. The molecular weight excluding hydrogens is 403 g/mol. The van der Waals surface area contributed by atoms with Crippen molar-refractivity contribution >= 4 is 29.1 Å². The number of nitrogens with two attached hydrogens (primary N) is 1. The molecule has 0 unspecified atom stereocenters. The topological polar surface area (TPSA) is 95.9 Å². The fourth-order valence-corrected chi connectivity index (χ4v) is 3.76. The SMILES string of the molecule is COC(=O)c1ccc(-c2nc(CSc3nnc(C(F)(F)F)n3N)cs2)cc1. The molecule has 0 saturated heterocycles. The number of alkyl halides is 3. The van der Waals surface area contributed by atoms with Gasteiger partial charge in [0.05, 0.1) is 18.4 Å². The van der Waals surface area contributed by atoms with Gasteiger partial charge in [0.2, 0.25) is 5.16 Å². The van der Waals surface area contributed by atoms with Crippen molar-refractivity contribution in [3.8, 4) is 10.6 Å². The van der Waals surface area contributed by atoms with Crippen LogP contribution in [0.2, 0.25) is 0 Å². The van der Waals surface area contributed by atoms with Crippen molar-refractivity contribution in [3.63, 3.8) is 0 Å². The molecule has 2 aromatic heterocycles. The van der Waals surface area contributed by atoms with E-state index in [-0.39, 0.29) is 10.9 Å². The van der Waals surface area contributed by atoms with Crippen molar-refractivity contribution in [2.75, 3.05) is 13.0 Å². The minimum Gasteiger partial charge on any atom is -0.465 e. The third kappa shape index (κ3) is 4.22. The van der Waals surface area contributed by atoms with E-state index in [1.807, 2.05) is 0 Å². The monoisotopic (exact) mass is 415 g/mol. The molecular formula is C15H12F3N5O2S2. The number of nitrogen functional groups attached to an aromatic ring is 1. The van der Waals surface area contributed by atoms with Crippen molar-refractivity contribution < 1.29 is 22.7 Å². The summed E-state index contributed by atoms with van der Waals surface area (Å²) in [5.74, 6) is 3.99. The van der Waals surface area contributed by atoms with Crippen LogP contribution in [0, 0.1) is 0 Å². The van der Waals surface area contributed by atoms with Crippen molar-refractivity contribution in [1.82, 2.24) is 19.9 Å². The molecule has 3 aromatic rings. The number of halogens is 3. The van der Waals surface area contributed by atoms with Gasteiger partial charge in [-0.25, -0.2) is 14.5 Å². The summed E-state index contributed by atoms with van der Waals surface area (Å²) in [6.07, 6.45) is -4.66. The van der Waals surface area contributed by atoms with Gasteiger partial charge >= 0.3 is 12.1 Å². The van der Waals surface area contributed by atoms with Crippen molar-refractivity contribution in [2.24, 2.45) is 0 Å². The Bertz CT molecular complexity index is 953. The molecule has 0 atom stereocenters. The highest BCUT2D eigenvalue weighted by Crippen LogP contribution is 2.31. The number of hydrogen-bond acceptors (Lipinski definition) is 8. The summed E-state index contributed by atoms with van der Waals surface area (Å²) < 4.78 is 43.1. The van der Waals surface area contributed by atoms with Gasteiger partial charge in [0.1, 0.15) is 5.01 Å². The van der Waals surface area contributed by atoms with Gasteiger partial charge < -0.3 is 10.6 Å². The van der Waals surface area contributed by atoms with Crippen LogP contribution >= 0.6 is 23.1 Å². The molecule has 0 aliphatic rings. The number of carbonyl (C=O) groups is 1. The average Bonchev–Trinajstić information content (AvgIpc) is 3.26. The Labute approximate surface area is 159 Å². The largest absolute Gasteiger partial charge is 0.465 e. The molecule has 0 spiro atoms. The molecule has 0 amide bonds. The molecule has 142 valence electrons. The van der Waals surface area contributed by atoms with Gasteiger partial charge in [-0.3, -0.25) is 0 Å². The Morgan fingerprint density at radius 2 is 2.00 bits per heavy atom. The van der Waals surface area contributed by atoms with Gasteiger partial charge in [0, 0.05) is 16.7 Å². The first-order chi connectivity index (χ1) is 12.8. The number of ether oxygens (including phenoxy) is 1. The predicted octanol–water partition coefficient (Wildman–Crippen LogP) is 3.21. The second kappa shape index (κ2) is 7.56. The zero-order valence-corrected chi connectivity index (χ0v) is 15.4. The maximum Gasteiger partial charge on any atom is 0.453 e. The van der Waals surface area contributed by atoms with E-state index < -0.39 is 18.0 Å². The van der Waals surface area contributed by atoms with Gasteiger partial charge in [0.15, 0.2) is 0 Å². The average molecular weight is 415 g/mol. The lowest BCUT2D eigenvalue weighted by atomic mass is 10.1. The maximum atomic E-state index is 12.7. The van der Waals surface area contributed by atoms with E-state index in [9.17, 15) is 18.0 Å². The number of rotatable bonds is 5. The van der Waals surface area contributed by atoms with Crippen LogP contribution in [-0.2, 0) is 16.7 Å². The summed E-state index contributed by atoms with van der Waals surface area (Å²) in [7, 11) is 1.31. The number of thiazole rings is 1. The molecule has 1 aromatic carbocycles. The second-order valence-electron chi connectivity index (χ2n) is 5.18. The van der Waals surface area contributed by atoms with Gasteiger partial charge in [-0.2, -0.15) is 13.2 Å². The lowest BCUT2D eigenvalue weighted by molar-refractivity contribution is -0.146. The van der Waals surface area contributed by atoms with Crippen LogP contribution in [0.15, 0.2) is 34.8 Å². The number of methoxy groups -OCH3 is 1. The standard InChI is InChI=1S/C15H12F3N5O2S2/c1-25-12(24)9-4-2-8(3-5-9)11-20-10(6-26-11)7-27-14-22-21-13(23(14)19)15(16,17)18/h2-6H,7,19H2,1H3. The van der Waals surface area contributed by atoms with E-state index in [0.717, 1.165) is 17.3 Å². The molecule has 12 heteroatoms. The zero-order chi connectivity index (χ0) is 19.6. The van der Waals surface area contributed by atoms with Crippen LogP contribution in [0.1, 0.15) is 21.9 Å². The second-order valence-corrected chi connectivity index (χ2v) is 6.98. The number of hydrogen-bond donors (Lipinski definition) is 1. The van der Waals surface area contributed by atoms with E-state index in [1.165, 1.54) is 18.4 Å². The van der Waals surface area contributed by atoms with Gasteiger partial charge in [-0.15, -0.1) is 21.5 Å². The highest BCUT2D eigenvalue weighted by Gasteiger charge is 2.38. The summed E-state index contributed by atoms with van der Waals surface area (Å²) in [6.45, 7) is 0. The van der Waals surface area contributed by atoms with Crippen LogP contribution in [0.4, 0.5) is 13.2 Å². The number of esters is 1. The highest BCUT2D eigenvalue weighted by atomic mass is 32.2. The molecule has 0 bridgehead atoms. The smallest absolute Gasteiger partial charge is 0.453 e. The number of benzene rings is 1. The molecule has 3 rings (SSSR count). The maximum absolute atomic E-state index is 12.7. The van der Waals surface area contributed by atoms with E-state index >= 15 is 0 Å². The number of nitrogens with zero attached hydrogens (tertiary/aromatic N) is 4. The molecule has 0 saturated carbocycles. The Morgan fingerprint density at radius 1 is 1.30 bits per heavy atom. The summed E-state index contributed by atoms with van der Waals surface area (Å²) in [4.78, 5) is 15.9. The third-order valence-electron chi connectivity index (χ3n) is 3.37. The first kappa shape index (κ1) is 19.2. The highest BCUT2D eigenvalue weighted by molar-refractivity contribution is 7.98. The lowest BCUT2D eigenvalue weighted by Crippen LogP contribution is -2.21. The first-order valence-electron chi connectivity index (χ1n) is 7.33. The molecule has 0 fully saturated rings. The Morgan fingerprint density at radius 3 is 2.59 bits per heavy atom. The van der Waals surface area contributed by atoms with E-state index in [2.05, 4.69) is 19.9 Å². The zero-order valence-electron chi connectivity index (χ0n) is 13.7. The Kier molecular flexibility index (Phi) is 5.37. The van der Waals surface area contributed by atoms with Crippen LogP contribution in [0.5, 0.6) is 0 Å². The van der Waals surface area contributed by atoms with E-state index in [4.69, 9.17) is 5.84 Å². The molecule has 7 nitrogen and oxygen atoms in total. The molecule has 0 aliphatic carbocycles.